The molecular formula is C11H17N5O3S. The van der Waals surface area contributed by atoms with Gasteiger partial charge in [-0.1, -0.05) is 5.21 Å². The lowest BCUT2D eigenvalue weighted by atomic mass is 10.2. The first kappa shape index (κ1) is 14.6. The fourth-order valence-electron chi connectivity index (χ4n) is 1.88. The molecule has 1 aliphatic rings. The summed E-state index contributed by atoms with van der Waals surface area (Å²) in [5.74, 6) is 1.17. The van der Waals surface area contributed by atoms with Gasteiger partial charge < -0.3 is 15.7 Å². The van der Waals surface area contributed by atoms with Crippen molar-refractivity contribution in [2.75, 3.05) is 11.5 Å². The molecule has 0 aromatic carbocycles. The van der Waals surface area contributed by atoms with Crippen LogP contribution in [0.4, 0.5) is 4.79 Å². The van der Waals surface area contributed by atoms with Gasteiger partial charge >= 0.3 is 12.0 Å². The van der Waals surface area contributed by atoms with Crippen LogP contribution in [0.2, 0.25) is 0 Å². The maximum atomic E-state index is 11.7. The second kappa shape index (κ2) is 7.13. The van der Waals surface area contributed by atoms with E-state index in [1.807, 2.05) is 11.8 Å². The van der Waals surface area contributed by atoms with Crippen molar-refractivity contribution in [2.45, 2.75) is 32.0 Å². The number of carbonyl (C=O) groups is 2. The molecule has 0 saturated carbocycles. The van der Waals surface area contributed by atoms with Crippen LogP contribution in [0.15, 0.2) is 6.20 Å². The third-order valence-electron chi connectivity index (χ3n) is 2.87. The molecule has 0 spiro atoms. The SMILES string of the molecule is O=C(O)Cn1cc(CNC(=O)NC2CCSCC2)nn1. The van der Waals surface area contributed by atoms with Crippen LogP contribution in [0.25, 0.3) is 0 Å². The van der Waals surface area contributed by atoms with Crippen LogP contribution in [0, 0.1) is 0 Å². The minimum Gasteiger partial charge on any atom is -0.480 e. The molecule has 2 rings (SSSR count). The summed E-state index contributed by atoms with van der Waals surface area (Å²) >= 11 is 1.90. The Bertz CT molecular complexity index is 472. The van der Waals surface area contributed by atoms with E-state index in [9.17, 15) is 9.59 Å². The zero-order valence-corrected chi connectivity index (χ0v) is 11.7. The van der Waals surface area contributed by atoms with E-state index in [0.29, 0.717) is 5.69 Å². The highest BCUT2D eigenvalue weighted by Crippen LogP contribution is 2.16. The number of urea groups is 1. The molecule has 0 radical (unpaired) electrons. The monoisotopic (exact) mass is 299 g/mol. The Balaban J connectivity index is 1.72. The van der Waals surface area contributed by atoms with Gasteiger partial charge in [-0.2, -0.15) is 11.8 Å². The number of hydrogen-bond donors (Lipinski definition) is 3. The Hall–Kier alpha value is -1.77. The smallest absolute Gasteiger partial charge is 0.325 e. The van der Waals surface area contributed by atoms with Crippen molar-refractivity contribution in [3.8, 4) is 0 Å². The zero-order chi connectivity index (χ0) is 14.4. The van der Waals surface area contributed by atoms with Crippen LogP contribution in [-0.2, 0) is 17.9 Å². The van der Waals surface area contributed by atoms with Gasteiger partial charge in [0.05, 0.1) is 12.7 Å². The second-order valence-corrected chi connectivity index (χ2v) is 5.74. The van der Waals surface area contributed by atoms with Crippen LogP contribution in [0.1, 0.15) is 18.5 Å². The average molecular weight is 299 g/mol. The number of amides is 2. The van der Waals surface area contributed by atoms with Gasteiger partial charge in [-0.25, -0.2) is 9.48 Å². The number of carboxylic acids is 1. The molecule has 0 bridgehead atoms. The normalized spacial score (nSPS) is 15.8. The number of rotatable bonds is 5. The van der Waals surface area contributed by atoms with E-state index in [1.165, 1.54) is 10.9 Å². The molecule has 2 heterocycles. The first-order chi connectivity index (χ1) is 9.63. The predicted octanol–water partition coefficient (Wildman–Crippen LogP) is 0.0575. The van der Waals surface area contributed by atoms with Crippen molar-refractivity contribution in [3.05, 3.63) is 11.9 Å². The lowest BCUT2D eigenvalue weighted by Crippen LogP contribution is -2.43. The molecule has 1 aromatic rings. The molecule has 2 amide bonds. The van der Waals surface area contributed by atoms with E-state index >= 15 is 0 Å². The van der Waals surface area contributed by atoms with E-state index in [-0.39, 0.29) is 25.2 Å². The molecule has 1 saturated heterocycles. The number of carboxylic acid groups (broad SMARTS) is 1. The highest BCUT2D eigenvalue weighted by Gasteiger charge is 2.15. The summed E-state index contributed by atoms with van der Waals surface area (Å²) in [5.41, 5.74) is 0.528. The summed E-state index contributed by atoms with van der Waals surface area (Å²) in [6, 6.07) is 0.00799. The average Bonchev–Trinajstić information content (AvgIpc) is 2.84. The number of hydrogen-bond acceptors (Lipinski definition) is 5. The number of nitrogens with one attached hydrogen (secondary N) is 2. The minimum atomic E-state index is -0.984. The largest absolute Gasteiger partial charge is 0.480 e. The van der Waals surface area contributed by atoms with Crippen molar-refractivity contribution in [2.24, 2.45) is 0 Å². The fraction of sp³-hybridized carbons (Fsp3) is 0.636. The van der Waals surface area contributed by atoms with E-state index in [1.54, 1.807) is 0 Å². The highest BCUT2D eigenvalue weighted by atomic mass is 32.2. The summed E-state index contributed by atoms with van der Waals surface area (Å²) in [7, 11) is 0. The Morgan fingerprint density at radius 3 is 2.90 bits per heavy atom. The summed E-state index contributed by atoms with van der Waals surface area (Å²) < 4.78 is 1.22. The van der Waals surface area contributed by atoms with Gasteiger partial charge in [0.1, 0.15) is 12.2 Å². The topological polar surface area (TPSA) is 109 Å². The molecule has 8 nitrogen and oxygen atoms in total. The molecule has 9 heteroatoms. The summed E-state index contributed by atoms with van der Waals surface area (Å²) in [6.45, 7) is -0.00808. The van der Waals surface area contributed by atoms with Crippen LogP contribution in [-0.4, -0.2) is 49.6 Å². The molecule has 20 heavy (non-hydrogen) atoms. The number of thioether (sulfide) groups is 1. The third-order valence-corrected chi connectivity index (χ3v) is 3.92. The Kier molecular flexibility index (Phi) is 5.22. The first-order valence-electron chi connectivity index (χ1n) is 6.36. The number of aliphatic carboxylic acids is 1. The maximum Gasteiger partial charge on any atom is 0.325 e. The predicted molar refractivity (Wildman–Crippen MR) is 73.4 cm³/mol. The number of nitrogens with zero attached hydrogens (tertiary/aromatic N) is 3. The third kappa shape index (κ3) is 4.72. The Morgan fingerprint density at radius 1 is 1.45 bits per heavy atom. The van der Waals surface area contributed by atoms with Gasteiger partial charge in [0.2, 0.25) is 0 Å². The van der Waals surface area contributed by atoms with E-state index < -0.39 is 5.97 Å². The van der Waals surface area contributed by atoms with Crippen molar-refractivity contribution in [1.29, 1.82) is 0 Å². The number of aromatic nitrogens is 3. The molecule has 1 fully saturated rings. The lowest BCUT2D eigenvalue weighted by molar-refractivity contribution is -0.137. The molecule has 110 valence electrons. The molecule has 1 aromatic heterocycles. The van der Waals surface area contributed by atoms with Gasteiger partial charge in [-0.15, -0.1) is 5.10 Å². The quantitative estimate of drug-likeness (QED) is 0.709. The van der Waals surface area contributed by atoms with Crippen molar-refractivity contribution in [3.63, 3.8) is 0 Å². The van der Waals surface area contributed by atoms with E-state index in [2.05, 4.69) is 20.9 Å². The van der Waals surface area contributed by atoms with Gasteiger partial charge in [0, 0.05) is 6.04 Å². The van der Waals surface area contributed by atoms with Crippen molar-refractivity contribution in [1.82, 2.24) is 25.6 Å². The first-order valence-corrected chi connectivity index (χ1v) is 7.52. The summed E-state index contributed by atoms with van der Waals surface area (Å²) in [5, 5.41) is 21.7. The maximum absolute atomic E-state index is 11.7. The van der Waals surface area contributed by atoms with Gasteiger partial charge in [0.25, 0.3) is 0 Å². The van der Waals surface area contributed by atoms with Crippen LogP contribution in [0.5, 0.6) is 0 Å². The standard InChI is InChI=1S/C11H17N5O3S/c17-10(18)7-16-6-9(14-15-16)5-12-11(19)13-8-1-3-20-4-2-8/h6,8H,1-5,7H2,(H,17,18)(H2,12,13,19). The van der Waals surface area contributed by atoms with Gasteiger partial charge in [0.15, 0.2) is 0 Å². The zero-order valence-electron chi connectivity index (χ0n) is 10.9. The molecular weight excluding hydrogens is 282 g/mol. The van der Waals surface area contributed by atoms with E-state index in [4.69, 9.17) is 5.11 Å². The minimum absolute atomic E-state index is 0.227. The van der Waals surface area contributed by atoms with Crippen molar-refractivity contribution < 1.29 is 14.7 Å². The summed E-state index contributed by atoms with van der Waals surface area (Å²) in [6.07, 6.45) is 3.49. The second-order valence-electron chi connectivity index (χ2n) is 4.51. The van der Waals surface area contributed by atoms with E-state index in [0.717, 1.165) is 24.3 Å². The Morgan fingerprint density at radius 2 is 2.20 bits per heavy atom. The van der Waals surface area contributed by atoms with Gasteiger partial charge in [-0.05, 0) is 24.3 Å². The van der Waals surface area contributed by atoms with Crippen LogP contribution >= 0.6 is 11.8 Å². The number of carbonyl (C=O) groups excluding carboxylic acids is 1. The molecule has 3 N–H and O–H groups in total. The van der Waals surface area contributed by atoms with Crippen molar-refractivity contribution >= 4 is 23.8 Å². The van der Waals surface area contributed by atoms with Gasteiger partial charge in [-0.3, -0.25) is 4.79 Å². The van der Waals surface area contributed by atoms with Crippen LogP contribution < -0.4 is 10.6 Å². The molecule has 0 unspecified atom stereocenters. The Labute approximate surface area is 120 Å². The lowest BCUT2D eigenvalue weighted by Gasteiger charge is -2.22. The molecule has 1 aliphatic heterocycles. The molecule has 0 atom stereocenters. The fourth-order valence-corrected chi connectivity index (χ4v) is 2.99. The molecule has 0 aliphatic carbocycles. The van der Waals surface area contributed by atoms with Crippen LogP contribution in [0.3, 0.4) is 0 Å². The summed E-state index contributed by atoms with van der Waals surface area (Å²) in [4.78, 5) is 22.2. The highest BCUT2D eigenvalue weighted by molar-refractivity contribution is 7.99.